The molecule has 0 bridgehead atoms. The largest absolute Gasteiger partial charge is 0.323 e. The first-order valence-corrected chi connectivity index (χ1v) is 4.55. The molecule has 4 nitrogen and oxygen atoms in total. The van der Waals surface area contributed by atoms with E-state index in [9.17, 15) is 4.79 Å². The molecule has 0 saturated carbocycles. The minimum absolute atomic E-state index is 0.0274. The van der Waals surface area contributed by atoms with E-state index in [-0.39, 0.29) is 12.5 Å². The molecule has 0 aliphatic heterocycles. The molecule has 1 amide bonds. The molecule has 0 aliphatic rings. The van der Waals surface area contributed by atoms with E-state index in [1.807, 2.05) is 13.0 Å². The number of carbonyl (C=O) groups is 1. The maximum Gasteiger partial charge on any atom is 0.238 e. The first-order valence-electron chi connectivity index (χ1n) is 3.75. The zero-order valence-corrected chi connectivity index (χ0v) is 8.76. The highest BCUT2D eigenvalue weighted by atomic mass is 79.9. The summed E-state index contributed by atoms with van der Waals surface area (Å²) < 4.78 is 0.611. The highest BCUT2D eigenvalue weighted by molar-refractivity contribution is 9.10. The van der Waals surface area contributed by atoms with Crippen LogP contribution in [0.1, 0.15) is 5.56 Å². The fraction of sp³-hybridized carbons (Fsp3) is 0.250. The van der Waals surface area contributed by atoms with Crippen LogP contribution in [0.3, 0.4) is 0 Å². The molecule has 3 N–H and O–H groups in total. The average molecular weight is 244 g/mol. The molecule has 0 saturated heterocycles. The van der Waals surface area contributed by atoms with Crippen molar-refractivity contribution in [3.63, 3.8) is 0 Å². The molecular weight excluding hydrogens is 234 g/mol. The number of anilines is 1. The van der Waals surface area contributed by atoms with Crippen LogP contribution in [0.15, 0.2) is 16.9 Å². The number of pyridine rings is 1. The van der Waals surface area contributed by atoms with Gasteiger partial charge in [-0.2, -0.15) is 0 Å². The van der Waals surface area contributed by atoms with Gasteiger partial charge in [-0.15, -0.1) is 0 Å². The number of amides is 1. The van der Waals surface area contributed by atoms with Gasteiger partial charge in [-0.1, -0.05) is 0 Å². The average Bonchev–Trinajstić information content (AvgIpc) is 2.11. The van der Waals surface area contributed by atoms with Crippen LogP contribution in [0.2, 0.25) is 0 Å². The number of halogens is 1. The van der Waals surface area contributed by atoms with Gasteiger partial charge >= 0.3 is 0 Å². The van der Waals surface area contributed by atoms with E-state index in [1.54, 1.807) is 6.20 Å². The van der Waals surface area contributed by atoms with Crippen LogP contribution in [0.25, 0.3) is 0 Å². The Hall–Kier alpha value is -0.940. The highest BCUT2D eigenvalue weighted by Gasteiger charge is 2.04. The van der Waals surface area contributed by atoms with Gasteiger partial charge in [0.25, 0.3) is 0 Å². The van der Waals surface area contributed by atoms with E-state index in [0.29, 0.717) is 10.3 Å². The Morgan fingerprint density at radius 3 is 3.08 bits per heavy atom. The summed E-state index contributed by atoms with van der Waals surface area (Å²) >= 11 is 3.22. The topological polar surface area (TPSA) is 68.0 Å². The van der Waals surface area contributed by atoms with E-state index >= 15 is 0 Å². The van der Waals surface area contributed by atoms with E-state index in [0.717, 1.165) is 5.56 Å². The lowest BCUT2D eigenvalue weighted by Gasteiger charge is -2.05. The third-order valence-corrected chi connectivity index (χ3v) is 2.07. The van der Waals surface area contributed by atoms with E-state index in [2.05, 4.69) is 26.2 Å². The van der Waals surface area contributed by atoms with Gasteiger partial charge in [-0.3, -0.25) is 4.79 Å². The first kappa shape index (κ1) is 10.1. The maximum atomic E-state index is 11.0. The van der Waals surface area contributed by atoms with Gasteiger partial charge in [-0.25, -0.2) is 4.98 Å². The van der Waals surface area contributed by atoms with Crippen molar-refractivity contribution in [3.05, 3.63) is 22.4 Å². The minimum Gasteiger partial charge on any atom is -0.323 e. The van der Waals surface area contributed by atoms with E-state index < -0.39 is 0 Å². The molecule has 5 heteroatoms. The first-order chi connectivity index (χ1) is 6.13. The van der Waals surface area contributed by atoms with Crippen molar-refractivity contribution < 1.29 is 4.79 Å². The molecule has 0 aromatic carbocycles. The lowest BCUT2D eigenvalue weighted by atomic mass is 10.3. The molecule has 0 spiro atoms. The fourth-order valence-corrected chi connectivity index (χ4v) is 1.16. The van der Waals surface area contributed by atoms with Gasteiger partial charge in [0.1, 0.15) is 4.60 Å². The summed E-state index contributed by atoms with van der Waals surface area (Å²) in [5.74, 6) is -0.229. The standard InChI is InChI=1S/C8H10BrN3O/c1-5-2-6(8(9)11-4-5)12-7(13)3-10/h2,4H,3,10H2,1H3,(H,12,13). The quantitative estimate of drug-likeness (QED) is 0.764. The molecule has 0 radical (unpaired) electrons. The smallest absolute Gasteiger partial charge is 0.238 e. The minimum atomic E-state index is -0.229. The fourth-order valence-electron chi connectivity index (χ4n) is 0.841. The predicted molar refractivity (Wildman–Crippen MR) is 54.4 cm³/mol. The van der Waals surface area contributed by atoms with Crippen LogP contribution in [0, 0.1) is 6.92 Å². The van der Waals surface area contributed by atoms with Crippen LogP contribution in [0.5, 0.6) is 0 Å². The number of nitrogens with one attached hydrogen (secondary N) is 1. The molecule has 0 unspecified atom stereocenters. The number of rotatable bonds is 2. The van der Waals surface area contributed by atoms with E-state index in [4.69, 9.17) is 5.73 Å². The predicted octanol–water partition coefficient (Wildman–Crippen LogP) is 1.05. The third-order valence-electron chi connectivity index (χ3n) is 1.44. The molecule has 0 aliphatic carbocycles. The molecular formula is C8H10BrN3O. The molecule has 0 fully saturated rings. The Balaban J connectivity index is 2.87. The number of hydrogen-bond donors (Lipinski definition) is 2. The van der Waals surface area contributed by atoms with Crippen molar-refractivity contribution in [2.45, 2.75) is 6.92 Å². The summed E-state index contributed by atoms with van der Waals surface area (Å²) in [6.45, 7) is 1.87. The highest BCUT2D eigenvalue weighted by Crippen LogP contribution is 2.19. The molecule has 1 heterocycles. The number of carbonyl (C=O) groups excluding carboxylic acids is 1. The van der Waals surface area contributed by atoms with Crippen molar-refractivity contribution in [1.29, 1.82) is 0 Å². The number of hydrogen-bond acceptors (Lipinski definition) is 3. The van der Waals surface area contributed by atoms with Gasteiger partial charge in [0.05, 0.1) is 12.2 Å². The number of aryl methyl sites for hydroxylation is 1. The number of nitrogens with zero attached hydrogens (tertiary/aromatic N) is 1. The Morgan fingerprint density at radius 1 is 1.77 bits per heavy atom. The van der Waals surface area contributed by atoms with Gasteiger partial charge in [-0.05, 0) is 34.5 Å². The van der Waals surface area contributed by atoms with Crippen molar-refractivity contribution in [3.8, 4) is 0 Å². The lowest BCUT2D eigenvalue weighted by Crippen LogP contribution is -2.22. The van der Waals surface area contributed by atoms with Crippen molar-refractivity contribution in [2.75, 3.05) is 11.9 Å². The van der Waals surface area contributed by atoms with Crippen molar-refractivity contribution in [1.82, 2.24) is 4.98 Å². The zero-order valence-electron chi connectivity index (χ0n) is 7.17. The van der Waals surface area contributed by atoms with Crippen LogP contribution in [-0.2, 0) is 4.79 Å². The second-order valence-corrected chi connectivity index (χ2v) is 3.35. The molecule has 70 valence electrons. The van der Waals surface area contributed by atoms with Crippen LogP contribution >= 0.6 is 15.9 Å². The summed E-state index contributed by atoms with van der Waals surface area (Å²) in [7, 11) is 0. The monoisotopic (exact) mass is 243 g/mol. The zero-order chi connectivity index (χ0) is 9.84. The molecule has 13 heavy (non-hydrogen) atoms. The van der Waals surface area contributed by atoms with E-state index in [1.165, 1.54) is 0 Å². The van der Waals surface area contributed by atoms with Crippen molar-refractivity contribution >= 4 is 27.5 Å². The van der Waals surface area contributed by atoms with Gasteiger partial charge in [0.15, 0.2) is 0 Å². The lowest BCUT2D eigenvalue weighted by molar-refractivity contribution is -0.114. The molecule has 1 rings (SSSR count). The normalized spacial score (nSPS) is 9.77. The number of aromatic nitrogens is 1. The van der Waals surface area contributed by atoms with Crippen LogP contribution < -0.4 is 11.1 Å². The van der Waals surface area contributed by atoms with Crippen LogP contribution in [-0.4, -0.2) is 17.4 Å². The molecule has 1 aromatic heterocycles. The summed E-state index contributed by atoms with van der Waals surface area (Å²) in [5.41, 5.74) is 6.79. The van der Waals surface area contributed by atoms with Crippen LogP contribution in [0.4, 0.5) is 5.69 Å². The third kappa shape index (κ3) is 2.78. The molecule has 1 aromatic rings. The Kier molecular flexibility index (Phi) is 3.39. The summed E-state index contributed by atoms with van der Waals surface area (Å²) in [6.07, 6.45) is 1.71. The second kappa shape index (κ2) is 4.34. The summed E-state index contributed by atoms with van der Waals surface area (Å²) in [4.78, 5) is 15.0. The van der Waals surface area contributed by atoms with Crippen molar-refractivity contribution in [2.24, 2.45) is 5.73 Å². The Labute approximate surface area is 84.7 Å². The Morgan fingerprint density at radius 2 is 2.46 bits per heavy atom. The second-order valence-electron chi connectivity index (χ2n) is 2.60. The SMILES string of the molecule is Cc1cnc(Br)c(NC(=O)CN)c1. The summed E-state index contributed by atoms with van der Waals surface area (Å²) in [6, 6.07) is 1.82. The maximum absolute atomic E-state index is 11.0. The summed E-state index contributed by atoms with van der Waals surface area (Å²) in [5, 5.41) is 2.63. The number of nitrogens with two attached hydrogens (primary N) is 1. The van der Waals surface area contributed by atoms with Gasteiger partial charge in [0.2, 0.25) is 5.91 Å². The van der Waals surface area contributed by atoms with Gasteiger partial charge < -0.3 is 11.1 Å². The molecule has 0 atom stereocenters. The van der Waals surface area contributed by atoms with Gasteiger partial charge in [0, 0.05) is 6.20 Å². The Bertz CT molecular complexity index is 327.